The maximum Gasteiger partial charge on any atom is 0.330 e. The van der Waals surface area contributed by atoms with Crippen molar-refractivity contribution in [3.8, 4) is 0 Å². The first-order valence-electron chi connectivity index (χ1n) is 4.34. The third-order valence-electron chi connectivity index (χ3n) is 1.82. The summed E-state index contributed by atoms with van der Waals surface area (Å²) in [5, 5.41) is 10.2. The summed E-state index contributed by atoms with van der Waals surface area (Å²) in [5.41, 5.74) is -2.14. The highest BCUT2D eigenvalue weighted by Crippen LogP contribution is 2.09. The van der Waals surface area contributed by atoms with E-state index < -0.39 is 29.4 Å². The van der Waals surface area contributed by atoms with Gasteiger partial charge in [-0.3, -0.25) is 14.3 Å². The average Bonchev–Trinajstić information content (AvgIpc) is 2.20. The van der Waals surface area contributed by atoms with Gasteiger partial charge in [0.15, 0.2) is 0 Å². The van der Waals surface area contributed by atoms with Crippen molar-refractivity contribution in [3.05, 3.63) is 32.9 Å². The largest absolute Gasteiger partial charge is 0.526 e. The van der Waals surface area contributed by atoms with E-state index >= 15 is 0 Å². The number of rotatable bonds is 3. The molecule has 88 valence electrons. The summed E-state index contributed by atoms with van der Waals surface area (Å²) in [6, 6.07) is 0. The van der Waals surface area contributed by atoms with Gasteiger partial charge in [0.2, 0.25) is 5.82 Å². The van der Waals surface area contributed by atoms with Gasteiger partial charge >= 0.3 is 5.69 Å². The lowest BCUT2D eigenvalue weighted by Crippen LogP contribution is -2.37. The van der Waals surface area contributed by atoms with Crippen LogP contribution < -0.4 is 16.4 Å². The fourth-order valence-corrected chi connectivity index (χ4v) is 1.12. The third-order valence-corrected chi connectivity index (χ3v) is 1.82. The number of hydrogen-bond donors (Lipinski definition) is 1. The van der Waals surface area contributed by atoms with E-state index in [9.17, 15) is 23.9 Å². The van der Waals surface area contributed by atoms with Crippen LogP contribution in [0.3, 0.4) is 0 Å². The van der Waals surface area contributed by atoms with Gasteiger partial charge in [-0.1, -0.05) is 6.92 Å². The summed E-state index contributed by atoms with van der Waals surface area (Å²) >= 11 is 0. The Balaban J connectivity index is 3.20. The number of carbonyl (C=O) groups is 1. The number of ether oxygens (including phenoxy) is 1. The first-order chi connectivity index (χ1) is 7.45. The molecule has 0 amide bonds. The molecule has 1 heterocycles. The van der Waals surface area contributed by atoms with E-state index in [4.69, 9.17) is 0 Å². The van der Waals surface area contributed by atoms with E-state index in [0.717, 1.165) is 0 Å². The Kier molecular flexibility index (Phi) is 3.44. The van der Waals surface area contributed by atoms with E-state index in [1.807, 2.05) is 0 Å². The standard InChI is InChI=1S/C8H9FN2O5/c1-2-5(16-8(14)15)11-3-4(9)6(12)10-7(11)13/h3,5H,2H2,1H3,(H,14,15)(H,10,12,13)/p-1. The highest BCUT2D eigenvalue weighted by molar-refractivity contribution is 5.54. The molecule has 0 radical (unpaired) electrons. The predicted octanol–water partition coefficient (Wildman–Crippen LogP) is -1.06. The molecule has 1 unspecified atom stereocenters. The molecule has 7 nitrogen and oxygen atoms in total. The fraction of sp³-hybridized carbons (Fsp3) is 0.375. The van der Waals surface area contributed by atoms with Crippen LogP contribution in [0.15, 0.2) is 15.8 Å². The molecule has 0 saturated heterocycles. The van der Waals surface area contributed by atoms with Crippen LogP contribution in [-0.4, -0.2) is 15.7 Å². The molecule has 0 aliphatic carbocycles. The number of carbonyl (C=O) groups excluding carboxylic acids is 1. The second-order valence-electron chi connectivity index (χ2n) is 2.87. The van der Waals surface area contributed by atoms with Crippen LogP contribution in [0.5, 0.6) is 0 Å². The quantitative estimate of drug-likeness (QED) is 0.668. The molecule has 0 spiro atoms. The van der Waals surface area contributed by atoms with E-state index in [-0.39, 0.29) is 6.42 Å². The number of carboxylic acid groups (broad SMARTS) is 1. The predicted molar refractivity (Wildman–Crippen MR) is 47.1 cm³/mol. The van der Waals surface area contributed by atoms with E-state index in [1.165, 1.54) is 6.92 Å². The lowest BCUT2D eigenvalue weighted by atomic mass is 10.4. The number of aromatic nitrogens is 2. The first kappa shape index (κ1) is 12.0. The maximum atomic E-state index is 12.9. The average molecular weight is 231 g/mol. The molecular formula is C8H8FN2O5-. The summed E-state index contributed by atoms with van der Waals surface area (Å²) in [7, 11) is 0. The Hall–Kier alpha value is -2.12. The molecule has 0 saturated carbocycles. The Morgan fingerprint density at radius 1 is 1.69 bits per heavy atom. The minimum absolute atomic E-state index is 0.0827. The van der Waals surface area contributed by atoms with Gasteiger partial charge in [0.05, 0.1) is 6.20 Å². The monoisotopic (exact) mass is 231 g/mol. The summed E-state index contributed by atoms with van der Waals surface area (Å²) in [6.07, 6.45) is -2.41. The fourth-order valence-electron chi connectivity index (χ4n) is 1.12. The molecule has 8 heteroatoms. The second kappa shape index (κ2) is 4.60. The van der Waals surface area contributed by atoms with Crippen molar-refractivity contribution in [3.63, 3.8) is 0 Å². The zero-order valence-electron chi connectivity index (χ0n) is 8.23. The molecule has 1 aromatic rings. The Labute approximate surface area is 88.1 Å². The van der Waals surface area contributed by atoms with Crippen molar-refractivity contribution in [2.24, 2.45) is 0 Å². The van der Waals surface area contributed by atoms with Gasteiger partial charge in [-0.05, 0) is 6.42 Å². The molecule has 0 fully saturated rings. The van der Waals surface area contributed by atoms with Crippen molar-refractivity contribution >= 4 is 6.16 Å². The van der Waals surface area contributed by atoms with Crippen LogP contribution in [0.2, 0.25) is 0 Å². The molecule has 1 N–H and O–H groups in total. The topological polar surface area (TPSA) is 104 Å². The van der Waals surface area contributed by atoms with Gasteiger partial charge in [0, 0.05) is 0 Å². The molecule has 1 aromatic heterocycles. The molecule has 0 aliphatic heterocycles. The molecule has 16 heavy (non-hydrogen) atoms. The number of nitrogens with zero attached hydrogens (tertiary/aromatic N) is 1. The SMILES string of the molecule is CCC(OC(=O)[O-])n1cc(F)c(=O)[nH]c1=O. The smallest absolute Gasteiger partial charge is 0.330 e. The van der Waals surface area contributed by atoms with Gasteiger partial charge in [-0.15, -0.1) is 0 Å². The van der Waals surface area contributed by atoms with Crippen molar-refractivity contribution in [1.29, 1.82) is 0 Å². The van der Waals surface area contributed by atoms with Crippen molar-refractivity contribution in [1.82, 2.24) is 9.55 Å². The van der Waals surface area contributed by atoms with E-state index in [0.29, 0.717) is 10.8 Å². The van der Waals surface area contributed by atoms with Crippen molar-refractivity contribution in [2.75, 3.05) is 0 Å². The van der Waals surface area contributed by atoms with Crippen molar-refractivity contribution in [2.45, 2.75) is 19.6 Å². The van der Waals surface area contributed by atoms with Gasteiger partial charge in [-0.2, -0.15) is 4.39 Å². The highest BCUT2D eigenvalue weighted by atomic mass is 19.1. The Bertz CT molecular complexity index is 506. The number of aromatic amines is 1. The zero-order valence-corrected chi connectivity index (χ0v) is 8.23. The Morgan fingerprint density at radius 3 is 2.81 bits per heavy atom. The summed E-state index contributed by atoms with van der Waals surface area (Å²) in [6.45, 7) is 1.52. The molecule has 1 atom stereocenters. The van der Waals surface area contributed by atoms with Gasteiger partial charge in [0.1, 0.15) is 6.23 Å². The Morgan fingerprint density at radius 2 is 2.31 bits per heavy atom. The summed E-state index contributed by atoms with van der Waals surface area (Å²) in [4.78, 5) is 33.8. The van der Waals surface area contributed by atoms with E-state index in [2.05, 4.69) is 4.74 Å². The van der Waals surface area contributed by atoms with Crippen LogP contribution in [0.25, 0.3) is 0 Å². The number of nitrogens with one attached hydrogen (secondary N) is 1. The van der Waals surface area contributed by atoms with Crippen LogP contribution >= 0.6 is 0 Å². The molecule has 0 bridgehead atoms. The summed E-state index contributed by atoms with van der Waals surface area (Å²) < 4.78 is 17.7. The maximum absolute atomic E-state index is 12.9. The molecule has 0 aromatic carbocycles. The normalized spacial score (nSPS) is 12.1. The lowest BCUT2D eigenvalue weighted by molar-refractivity contribution is -0.291. The van der Waals surface area contributed by atoms with Crippen molar-refractivity contribution < 1.29 is 19.0 Å². The molecule has 1 rings (SSSR count). The molecular weight excluding hydrogens is 223 g/mol. The van der Waals surface area contributed by atoms with Crippen LogP contribution in [0.1, 0.15) is 19.6 Å². The van der Waals surface area contributed by atoms with E-state index in [1.54, 1.807) is 4.98 Å². The third kappa shape index (κ3) is 2.47. The first-order valence-corrected chi connectivity index (χ1v) is 4.34. The number of hydrogen-bond acceptors (Lipinski definition) is 5. The van der Waals surface area contributed by atoms with Crippen LogP contribution in [0, 0.1) is 5.82 Å². The van der Waals surface area contributed by atoms with Gasteiger partial charge in [0.25, 0.3) is 11.7 Å². The highest BCUT2D eigenvalue weighted by Gasteiger charge is 2.11. The second-order valence-corrected chi connectivity index (χ2v) is 2.87. The van der Waals surface area contributed by atoms with Gasteiger partial charge in [-0.25, -0.2) is 4.79 Å². The number of H-pyrrole nitrogens is 1. The van der Waals surface area contributed by atoms with Crippen LogP contribution in [0.4, 0.5) is 9.18 Å². The zero-order chi connectivity index (χ0) is 12.3. The lowest BCUT2D eigenvalue weighted by Gasteiger charge is -2.22. The van der Waals surface area contributed by atoms with Crippen LogP contribution in [-0.2, 0) is 4.74 Å². The minimum atomic E-state index is -1.84. The minimum Gasteiger partial charge on any atom is -0.526 e. The summed E-state index contributed by atoms with van der Waals surface area (Å²) in [5.74, 6) is -1.21. The number of halogens is 1. The molecule has 0 aliphatic rings. The van der Waals surface area contributed by atoms with Gasteiger partial charge < -0.3 is 14.6 Å².